The molecule has 0 spiro atoms. The van der Waals surface area contributed by atoms with Crippen molar-refractivity contribution in [2.45, 2.75) is 18.6 Å². The lowest BCUT2D eigenvalue weighted by molar-refractivity contribution is -0.145. The molecule has 0 heterocycles. The second-order valence-electron chi connectivity index (χ2n) is 3.26. The van der Waals surface area contributed by atoms with E-state index in [0.717, 1.165) is 0 Å². The zero-order valence-corrected chi connectivity index (χ0v) is 9.85. The maximum absolute atomic E-state index is 11.3. The third kappa shape index (κ3) is 6.67. The summed E-state index contributed by atoms with van der Waals surface area (Å²) in [5, 5.41) is 2.37. The van der Waals surface area contributed by atoms with Crippen LogP contribution in [0.3, 0.4) is 0 Å². The first-order valence-electron chi connectivity index (χ1n) is 5.11. The molecule has 0 aliphatic carbocycles. The highest BCUT2D eigenvalue weighted by molar-refractivity contribution is 5.86. The van der Waals surface area contributed by atoms with Gasteiger partial charge in [0.25, 0.3) is 5.91 Å². The lowest BCUT2D eigenvalue weighted by Crippen LogP contribution is -2.52. The smallest absolute Gasteiger partial charge is 0.328 e. The third-order valence-electron chi connectivity index (χ3n) is 1.89. The van der Waals surface area contributed by atoms with Crippen LogP contribution >= 0.6 is 0 Å². The van der Waals surface area contributed by atoms with Crippen molar-refractivity contribution in [3.63, 3.8) is 0 Å². The molecule has 1 amide bonds. The standard InChI is InChI=1S/C10H19N3O4/c1-3-5-17-6-4-7(10(15)16-2)13-9(14)8(11)12/h3,7-8H,1,4-6,11-12H2,2H3,(H,13,14)/t7-/m0/s1. The molecule has 0 fully saturated rings. The van der Waals surface area contributed by atoms with E-state index in [0.29, 0.717) is 6.61 Å². The largest absolute Gasteiger partial charge is 0.467 e. The third-order valence-corrected chi connectivity index (χ3v) is 1.89. The Kier molecular flexibility index (Phi) is 7.95. The van der Waals surface area contributed by atoms with Crippen molar-refractivity contribution in [2.24, 2.45) is 11.5 Å². The van der Waals surface area contributed by atoms with Gasteiger partial charge >= 0.3 is 5.97 Å². The van der Waals surface area contributed by atoms with E-state index in [1.807, 2.05) is 0 Å². The molecule has 1 atom stereocenters. The Morgan fingerprint density at radius 3 is 2.59 bits per heavy atom. The van der Waals surface area contributed by atoms with Crippen LogP contribution < -0.4 is 16.8 Å². The van der Waals surface area contributed by atoms with Gasteiger partial charge in [0, 0.05) is 13.0 Å². The summed E-state index contributed by atoms with van der Waals surface area (Å²) in [7, 11) is 1.23. The summed E-state index contributed by atoms with van der Waals surface area (Å²) < 4.78 is 9.65. The molecule has 0 saturated heterocycles. The Hall–Kier alpha value is -1.44. The van der Waals surface area contributed by atoms with E-state index in [1.54, 1.807) is 6.08 Å². The second kappa shape index (κ2) is 8.68. The molecule has 7 nitrogen and oxygen atoms in total. The highest BCUT2D eigenvalue weighted by atomic mass is 16.5. The van der Waals surface area contributed by atoms with Crippen LogP contribution in [0.5, 0.6) is 0 Å². The normalized spacial score (nSPS) is 12.0. The molecule has 98 valence electrons. The number of rotatable bonds is 8. The van der Waals surface area contributed by atoms with Gasteiger partial charge in [-0.3, -0.25) is 4.79 Å². The Labute approximate surface area is 100 Å². The van der Waals surface area contributed by atoms with Gasteiger partial charge in [0.1, 0.15) is 12.2 Å². The average molecular weight is 245 g/mol. The number of carbonyl (C=O) groups excluding carboxylic acids is 2. The molecule has 0 aromatic rings. The maximum Gasteiger partial charge on any atom is 0.328 e. The Morgan fingerprint density at radius 1 is 1.47 bits per heavy atom. The molecule has 0 unspecified atom stereocenters. The number of hydrogen-bond donors (Lipinski definition) is 3. The van der Waals surface area contributed by atoms with E-state index in [1.165, 1.54) is 7.11 Å². The van der Waals surface area contributed by atoms with E-state index in [2.05, 4.69) is 16.6 Å². The number of carbonyl (C=O) groups is 2. The molecule has 0 aromatic heterocycles. The predicted octanol–water partition coefficient (Wildman–Crippen LogP) is -1.52. The predicted molar refractivity (Wildman–Crippen MR) is 61.7 cm³/mol. The molecule has 0 saturated carbocycles. The fraction of sp³-hybridized carbons (Fsp3) is 0.600. The van der Waals surface area contributed by atoms with Crippen molar-refractivity contribution in [2.75, 3.05) is 20.3 Å². The van der Waals surface area contributed by atoms with Crippen molar-refractivity contribution in [3.05, 3.63) is 12.7 Å². The summed E-state index contributed by atoms with van der Waals surface area (Å²) in [6.07, 6.45) is 0.691. The van der Waals surface area contributed by atoms with Gasteiger partial charge in [-0.25, -0.2) is 4.79 Å². The zero-order chi connectivity index (χ0) is 13.3. The summed E-state index contributed by atoms with van der Waals surface area (Å²) in [5.41, 5.74) is 10.3. The van der Waals surface area contributed by atoms with Crippen LogP contribution in [0, 0.1) is 0 Å². The first kappa shape index (κ1) is 15.6. The van der Waals surface area contributed by atoms with Gasteiger partial charge < -0.3 is 26.3 Å². The van der Waals surface area contributed by atoms with Crippen molar-refractivity contribution >= 4 is 11.9 Å². The molecular formula is C10H19N3O4. The number of esters is 1. The first-order valence-corrected chi connectivity index (χ1v) is 5.11. The van der Waals surface area contributed by atoms with Crippen molar-refractivity contribution in [1.82, 2.24) is 5.32 Å². The van der Waals surface area contributed by atoms with Gasteiger partial charge in [-0.2, -0.15) is 0 Å². The van der Waals surface area contributed by atoms with Gasteiger partial charge in [-0.05, 0) is 0 Å². The van der Waals surface area contributed by atoms with Crippen LogP contribution in [0.2, 0.25) is 0 Å². The molecule has 0 rings (SSSR count). The summed E-state index contributed by atoms with van der Waals surface area (Å²) in [4.78, 5) is 22.6. The number of amides is 1. The van der Waals surface area contributed by atoms with Crippen LogP contribution in [0.1, 0.15) is 6.42 Å². The molecule has 0 aliphatic rings. The van der Waals surface area contributed by atoms with Gasteiger partial charge in [0.05, 0.1) is 13.7 Å². The van der Waals surface area contributed by atoms with Crippen LogP contribution in [0.25, 0.3) is 0 Å². The van der Waals surface area contributed by atoms with Gasteiger partial charge in [-0.1, -0.05) is 6.08 Å². The van der Waals surface area contributed by atoms with Gasteiger partial charge in [0.15, 0.2) is 0 Å². The zero-order valence-electron chi connectivity index (χ0n) is 9.85. The van der Waals surface area contributed by atoms with E-state index < -0.39 is 24.1 Å². The molecule has 17 heavy (non-hydrogen) atoms. The molecule has 0 aromatic carbocycles. The molecule has 0 bridgehead atoms. The van der Waals surface area contributed by atoms with Gasteiger partial charge in [0.2, 0.25) is 0 Å². The minimum absolute atomic E-state index is 0.277. The monoisotopic (exact) mass is 245 g/mol. The second-order valence-corrected chi connectivity index (χ2v) is 3.26. The molecule has 5 N–H and O–H groups in total. The lowest BCUT2D eigenvalue weighted by atomic mass is 10.2. The van der Waals surface area contributed by atoms with Crippen molar-refractivity contribution < 1.29 is 19.1 Å². The first-order chi connectivity index (χ1) is 8.02. The van der Waals surface area contributed by atoms with E-state index in [-0.39, 0.29) is 13.0 Å². The molecule has 7 heteroatoms. The van der Waals surface area contributed by atoms with Crippen LogP contribution in [0.4, 0.5) is 0 Å². The summed E-state index contributed by atoms with van der Waals surface area (Å²) in [6.45, 7) is 4.14. The Morgan fingerprint density at radius 2 is 2.12 bits per heavy atom. The Balaban J connectivity index is 4.19. The summed E-state index contributed by atoms with van der Waals surface area (Å²) in [6, 6.07) is -0.813. The van der Waals surface area contributed by atoms with Crippen LogP contribution in [0.15, 0.2) is 12.7 Å². The van der Waals surface area contributed by atoms with Crippen LogP contribution in [-0.4, -0.2) is 44.4 Å². The van der Waals surface area contributed by atoms with Crippen molar-refractivity contribution in [3.8, 4) is 0 Å². The minimum atomic E-state index is -1.17. The summed E-state index contributed by atoms with van der Waals surface area (Å²) >= 11 is 0. The Bertz CT molecular complexity index is 268. The average Bonchev–Trinajstić information content (AvgIpc) is 2.31. The highest BCUT2D eigenvalue weighted by Gasteiger charge is 2.22. The van der Waals surface area contributed by atoms with E-state index in [9.17, 15) is 9.59 Å². The van der Waals surface area contributed by atoms with Crippen molar-refractivity contribution in [1.29, 1.82) is 0 Å². The topological polar surface area (TPSA) is 117 Å². The fourth-order valence-corrected chi connectivity index (χ4v) is 1.03. The number of nitrogens with two attached hydrogens (primary N) is 2. The summed E-state index contributed by atoms with van der Waals surface area (Å²) in [5.74, 6) is -1.19. The molecule has 0 aliphatic heterocycles. The number of ether oxygens (including phenoxy) is 2. The fourth-order valence-electron chi connectivity index (χ4n) is 1.03. The number of hydrogen-bond acceptors (Lipinski definition) is 6. The highest BCUT2D eigenvalue weighted by Crippen LogP contribution is 1.96. The minimum Gasteiger partial charge on any atom is -0.467 e. The van der Waals surface area contributed by atoms with Gasteiger partial charge in [-0.15, -0.1) is 6.58 Å². The van der Waals surface area contributed by atoms with E-state index >= 15 is 0 Å². The SMILES string of the molecule is C=CCOCC[C@H](NC(=O)C(N)N)C(=O)OC. The van der Waals surface area contributed by atoms with E-state index in [4.69, 9.17) is 16.2 Å². The maximum atomic E-state index is 11.3. The number of methoxy groups -OCH3 is 1. The number of nitrogens with one attached hydrogen (secondary N) is 1. The lowest BCUT2D eigenvalue weighted by Gasteiger charge is -2.17. The molecule has 0 radical (unpaired) electrons. The van der Waals surface area contributed by atoms with Crippen LogP contribution in [-0.2, 0) is 19.1 Å². The molecular weight excluding hydrogens is 226 g/mol. The quantitative estimate of drug-likeness (QED) is 0.207.